The molecule has 0 aliphatic carbocycles. The number of amides is 1. The van der Waals surface area contributed by atoms with Gasteiger partial charge in [0.15, 0.2) is 6.61 Å². The molecule has 0 spiro atoms. The van der Waals surface area contributed by atoms with Crippen molar-refractivity contribution in [1.82, 2.24) is 15.0 Å². The molecule has 2 aromatic carbocycles. The molecular formula is C24H29N3O3. The molecule has 6 heteroatoms. The van der Waals surface area contributed by atoms with E-state index in [9.17, 15) is 4.79 Å². The summed E-state index contributed by atoms with van der Waals surface area (Å²) >= 11 is 0. The van der Waals surface area contributed by atoms with Crippen LogP contribution in [0, 0.1) is 0 Å². The van der Waals surface area contributed by atoms with Crippen LogP contribution in [0.1, 0.15) is 52.0 Å². The van der Waals surface area contributed by atoms with E-state index >= 15 is 0 Å². The second-order valence-corrected chi connectivity index (χ2v) is 8.54. The summed E-state index contributed by atoms with van der Waals surface area (Å²) in [5.41, 5.74) is 1.67. The van der Waals surface area contributed by atoms with Crippen LogP contribution in [-0.2, 0) is 11.3 Å². The van der Waals surface area contributed by atoms with E-state index in [0.29, 0.717) is 23.4 Å². The Morgan fingerprint density at radius 2 is 1.73 bits per heavy atom. The maximum Gasteiger partial charge on any atom is 0.261 e. The van der Waals surface area contributed by atoms with E-state index in [2.05, 4.69) is 24.0 Å². The van der Waals surface area contributed by atoms with Gasteiger partial charge in [-0.05, 0) is 44.4 Å². The van der Waals surface area contributed by atoms with Gasteiger partial charge in [0.05, 0.1) is 0 Å². The van der Waals surface area contributed by atoms with Crippen LogP contribution in [-0.4, -0.2) is 33.1 Å². The van der Waals surface area contributed by atoms with E-state index in [0.717, 1.165) is 5.56 Å². The summed E-state index contributed by atoms with van der Waals surface area (Å²) < 4.78 is 11.1. The Hall–Kier alpha value is -3.15. The fraction of sp³-hybridized carbons (Fsp3) is 0.375. The molecule has 6 nitrogen and oxygen atoms in total. The first-order chi connectivity index (χ1) is 14.2. The quantitative estimate of drug-likeness (QED) is 0.547. The highest BCUT2D eigenvalue weighted by Crippen LogP contribution is 2.21. The molecule has 3 rings (SSSR count). The Morgan fingerprint density at radius 1 is 1.07 bits per heavy atom. The molecule has 1 amide bonds. The Kier molecular flexibility index (Phi) is 6.55. The van der Waals surface area contributed by atoms with Crippen LogP contribution in [0.5, 0.6) is 5.75 Å². The highest BCUT2D eigenvalue weighted by molar-refractivity contribution is 5.78. The van der Waals surface area contributed by atoms with Gasteiger partial charge >= 0.3 is 0 Å². The third kappa shape index (κ3) is 5.47. The van der Waals surface area contributed by atoms with Crippen molar-refractivity contribution in [2.24, 2.45) is 0 Å². The van der Waals surface area contributed by atoms with Crippen molar-refractivity contribution in [3.63, 3.8) is 0 Å². The van der Waals surface area contributed by atoms with Gasteiger partial charge in [-0.25, -0.2) is 0 Å². The topological polar surface area (TPSA) is 68.5 Å². The fourth-order valence-corrected chi connectivity index (χ4v) is 3.03. The predicted octanol–water partition coefficient (Wildman–Crippen LogP) is 5.07. The molecule has 1 aromatic heterocycles. The lowest BCUT2D eigenvalue weighted by Crippen LogP contribution is -2.47. The second kappa shape index (κ2) is 9.11. The van der Waals surface area contributed by atoms with Crippen molar-refractivity contribution in [3.05, 3.63) is 66.1 Å². The summed E-state index contributed by atoms with van der Waals surface area (Å²) in [7, 11) is 0. The average molecular weight is 408 g/mol. The molecule has 0 aliphatic rings. The summed E-state index contributed by atoms with van der Waals surface area (Å²) in [4.78, 5) is 19.1. The van der Waals surface area contributed by atoms with Gasteiger partial charge in [0, 0.05) is 11.1 Å². The first-order valence-electron chi connectivity index (χ1n) is 10.2. The Balaban J connectivity index is 1.67. The smallest absolute Gasteiger partial charge is 0.261 e. The van der Waals surface area contributed by atoms with E-state index < -0.39 is 5.54 Å². The Bertz CT molecular complexity index is 957. The number of hydrogen-bond donors (Lipinski definition) is 0. The zero-order valence-electron chi connectivity index (χ0n) is 18.3. The molecule has 3 aromatic rings. The third-order valence-corrected chi connectivity index (χ3v) is 4.81. The number of hydrogen-bond acceptors (Lipinski definition) is 5. The largest absolute Gasteiger partial charge is 0.484 e. The summed E-state index contributed by atoms with van der Waals surface area (Å²) in [6, 6.07) is 17.4. The zero-order chi connectivity index (χ0) is 21.7. The summed E-state index contributed by atoms with van der Waals surface area (Å²) in [6.07, 6.45) is 0. The predicted molar refractivity (Wildman–Crippen MR) is 116 cm³/mol. The number of carbonyl (C=O) groups is 1. The first-order valence-corrected chi connectivity index (χ1v) is 10.2. The first kappa shape index (κ1) is 21.6. The number of benzene rings is 2. The average Bonchev–Trinajstić information content (AvgIpc) is 3.19. The van der Waals surface area contributed by atoms with Gasteiger partial charge in [-0.15, -0.1) is 0 Å². The van der Waals surface area contributed by atoms with Crippen molar-refractivity contribution >= 4 is 5.91 Å². The monoisotopic (exact) mass is 407 g/mol. The SMILES string of the molecule is CC(C)c1ccc(OCC(=O)N(Cc2nc(-c3ccccc3)no2)C(C)(C)C)cc1. The maximum atomic E-state index is 12.9. The van der Waals surface area contributed by atoms with Crippen molar-refractivity contribution < 1.29 is 14.1 Å². The summed E-state index contributed by atoms with van der Waals surface area (Å²) in [6.45, 7) is 10.4. The molecule has 0 saturated carbocycles. The van der Waals surface area contributed by atoms with Gasteiger partial charge in [-0.3, -0.25) is 4.79 Å². The van der Waals surface area contributed by atoms with Crippen molar-refractivity contribution in [1.29, 1.82) is 0 Å². The highest BCUT2D eigenvalue weighted by atomic mass is 16.5. The molecule has 0 saturated heterocycles. The Labute approximate surface area is 177 Å². The van der Waals surface area contributed by atoms with Crippen LogP contribution >= 0.6 is 0 Å². The molecule has 0 N–H and O–H groups in total. The van der Waals surface area contributed by atoms with Crippen molar-refractivity contribution in [2.75, 3.05) is 6.61 Å². The molecule has 158 valence electrons. The molecule has 0 unspecified atom stereocenters. The molecule has 0 radical (unpaired) electrons. The lowest BCUT2D eigenvalue weighted by molar-refractivity contribution is -0.139. The van der Waals surface area contributed by atoms with Crippen LogP contribution < -0.4 is 4.74 Å². The number of rotatable bonds is 7. The van der Waals surface area contributed by atoms with Gasteiger partial charge in [0.2, 0.25) is 11.7 Å². The van der Waals surface area contributed by atoms with E-state index in [1.54, 1.807) is 4.90 Å². The van der Waals surface area contributed by atoms with Crippen LogP contribution in [0.4, 0.5) is 0 Å². The zero-order valence-corrected chi connectivity index (χ0v) is 18.3. The van der Waals surface area contributed by atoms with E-state index in [1.165, 1.54) is 5.56 Å². The number of nitrogens with zero attached hydrogens (tertiary/aromatic N) is 3. The standard InChI is InChI=1S/C24H29N3O3/c1-17(2)18-11-13-20(14-12-18)29-16-22(28)27(24(3,4)5)15-21-25-23(26-30-21)19-9-7-6-8-10-19/h6-14,17H,15-16H2,1-5H3. The highest BCUT2D eigenvalue weighted by Gasteiger charge is 2.29. The molecule has 0 bridgehead atoms. The minimum atomic E-state index is -0.427. The van der Waals surface area contributed by atoms with E-state index in [4.69, 9.17) is 9.26 Å². The maximum absolute atomic E-state index is 12.9. The third-order valence-electron chi connectivity index (χ3n) is 4.81. The Morgan fingerprint density at radius 3 is 2.33 bits per heavy atom. The number of ether oxygens (including phenoxy) is 1. The second-order valence-electron chi connectivity index (χ2n) is 8.54. The van der Waals surface area contributed by atoms with Crippen molar-refractivity contribution in [3.8, 4) is 17.1 Å². The molecule has 0 atom stereocenters. The molecule has 0 fully saturated rings. The molecule has 1 heterocycles. The fourth-order valence-electron chi connectivity index (χ4n) is 3.03. The van der Waals surface area contributed by atoms with Crippen LogP contribution in [0.2, 0.25) is 0 Å². The lowest BCUT2D eigenvalue weighted by atomic mass is 10.0. The van der Waals surface area contributed by atoms with Gasteiger partial charge in [-0.2, -0.15) is 4.98 Å². The van der Waals surface area contributed by atoms with Crippen LogP contribution in [0.15, 0.2) is 59.1 Å². The number of carbonyl (C=O) groups excluding carboxylic acids is 1. The summed E-state index contributed by atoms with van der Waals surface area (Å²) in [5, 5.41) is 4.04. The minimum Gasteiger partial charge on any atom is -0.484 e. The van der Waals surface area contributed by atoms with Gasteiger partial charge in [-0.1, -0.05) is 61.5 Å². The van der Waals surface area contributed by atoms with Gasteiger partial charge in [0.25, 0.3) is 5.91 Å². The lowest BCUT2D eigenvalue weighted by Gasteiger charge is -2.34. The van der Waals surface area contributed by atoms with Crippen LogP contribution in [0.25, 0.3) is 11.4 Å². The minimum absolute atomic E-state index is 0.0576. The van der Waals surface area contributed by atoms with Gasteiger partial charge in [0.1, 0.15) is 12.3 Å². The normalized spacial score (nSPS) is 11.5. The molecular weight excluding hydrogens is 378 g/mol. The van der Waals surface area contributed by atoms with Crippen molar-refractivity contribution in [2.45, 2.75) is 52.6 Å². The molecule has 0 aliphatic heterocycles. The van der Waals surface area contributed by atoms with Gasteiger partial charge < -0.3 is 14.2 Å². The number of aromatic nitrogens is 2. The molecule has 30 heavy (non-hydrogen) atoms. The summed E-state index contributed by atoms with van der Waals surface area (Å²) in [5.74, 6) is 1.87. The van der Waals surface area contributed by atoms with E-state index in [-0.39, 0.29) is 19.1 Å². The van der Waals surface area contributed by atoms with E-state index in [1.807, 2.05) is 75.4 Å². The van der Waals surface area contributed by atoms with Crippen LogP contribution in [0.3, 0.4) is 0 Å².